The fourth-order valence-corrected chi connectivity index (χ4v) is 5.83. The molecule has 7 heteroatoms. The van der Waals surface area contributed by atoms with Gasteiger partial charge in [-0.05, 0) is 57.0 Å². The fourth-order valence-electron chi connectivity index (χ4n) is 4.79. The summed E-state index contributed by atoms with van der Waals surface area (Å²) in [6.07, 6.45) is 5.56. The zero-order valence-corrected chi connectivity index (χ0v) is 17.0. The van der Waals surface area contributed by atoms with Gasteiger partial charge in [0.2, 0.25) is 0 Å². The van der Waals surface area contributed by atoms with Crippen molar-refractivity contribution >= 4 is 32.6 Å². The summed E-state index contributed by atoms with van der Waals surface area (Å²) in [5.74, 6) is 0.0136. The second kappa shape index (κ2) is 7.61. The lowest BCUT2D eigenvalue weighted by Gasteiger charge is -2.32. The molecule has 1 amide bonds. The van der Waals surface area contributed by atoms with Gasteiger partial charge in [0.1, 0.15) is 0 Å². The molecular weight excluding hydrogens is 372 g/mol. The molecule has 0 radical (unpaired) electrons. The summed E-state index contributed by atoms with van der Waals surface area (Å²) in [5, 5.41) is 10.8. The zero-order valence-electron chi connectivity index (χ0n) is 16.2. The van der Waals surface area contributed by atoms with Crippen molar-refractivity contribution < 1.29 is 9.90 Å². The number of thiazole rings is 1. The molecule has 28 heavy (non-hydrogen) atoms. The number of rotatable bonds is 3. The van der Waals surface area contributed by atoms with E-state index in [1.54, 1.807) is 16.2 Å². The summed E-state index contributed by atoms with van der Waals surface area (Å²) in [5.41, 5.74) is 1.67. The SMILES string of the molecule is O=C(c1ccc2nc(N3CC[C@@H](N4CCCCC4)C3)sc2c1)N1CC[C@H](O)C1. The Bertz CT molecular complexity index is 863. The van der Waals surface area contributed by atoms with Crippen molar-refractivity contribution in [2.75, 3.05) is 44.2 Å². The molecule has 0 bridgehead atoms. The van der Waals surface area contributed by atoms with E-state index in [-0.39, 0.29) is 12.0 Å². The van der Waals surface area contributed by atoms with Gasteiger partial charge in [-0.15, -0.1) is 0 Å². The third-order valence-electron chi connectivity index (χ3n) is 6.42. The van der Waals surface area contributed by atoms with Gasteiger partial charge in [0.05, 0.1) is 16.3 Å². The maximum Gasteiger partial charge on any atom is 0.253 e. The Morgan fingerprint density at radius 2 is 1.93 bits per heavy atom. The summed E-state index contributed by atoms with van der Waals surface area (Å²) in [6, 6.07) is 6.47. The molecule has 6 nitrogen and oxygen atoms in total. The van der Waals surface area contributed by atoms with Crippen molar-refractivity contribution in [3.8, 4) is 0 Å². The largest absolute Gasteiger partial charge is 0.391 e. The highest BCUT2D eigenvalue weighted by molar-refractivity contribution is 7.22. The zero-order chi connectivity index (χ0) is 19.1. The first-order valence-corrected chi connectivity index (χ1v) is 11.4. The summed E-state index contributed by atoms with van der Waals surface area (Å²) in [7, 11) is 0. The van der Waals surface area contributed by atoms with E-state index < -0.39 is 0 Å². The van der Waals surface area contributed by atoms with Gasteiger partial charge in [-0.25, -0.2) is 4.98 Å². The lowest BCUT2D eigenvalue weighted by atomic mass is 10.1. The number of aromatic nitrogens is 1. The minimum Gasteiger partial charge on any atom is -0.391 e. The van der Waals surface area contributed by atoms with E-state index >= 15 is 0 Å². The predicted molar refractivity (Wildman–Crippen MR) is 112 cm³/mol. The Balaban J connectivity index is 1.31. The average Bonchev–Trinajstić information content (AvgIpc) is 3.46. The van der Waals surface area contributed by atoms with E-state index in [1.165, 1.54) is 38.8 Å². The van der Waals surface area contributed by atoms with Crippen LogP contribution in [0.5, 0.6) is 0 Å². The van der Waals surface area contributed by atoms with E-state index in [0.717, 1.165) is 28.4 Å². The lowest BCUT2D eigenvalue weighted by Crippen LogP contribution is -2.40. The standard InChI is InChI=1S/C21H28N4O2S/c26-17-7-11-24(14-17)20(27)15-4-5-18-19(12-15)28-21(22-18)25-10-6-16(13-25)23-8-2-1-3-9-23/h4-5,12,16-17,26H,1-3,6-11,13-14H2/t16-,17+/m1/s1. The second-order valence-corrected chi connectivity index (χ2v) is 9.37. The van der Waals surface area contributed by atoms with Gasteiger partial charge in [0, 0.05) is 37.8 Å². The lowest BCUT2D eigenvalue weighted by molar-refractivity contribution is 0.0765. The van der Waals surface area contributed by atoms with Crippen LogP contribution in [0.3, 0.4) is 0 Å². The van der Waals surface area contributed by atoms with Crippen molar-refractivity contribution in [1.29, 1.82) is 0 Å². The quantitative estimate of drug-likeness (QED) is 0.858. The topological polar surface area (TPSA) is 59.9 Å². The number of likely N-dealkylation sites (tertiary alicyclic amines) is 2. The molecule has 0 aliphatic carbocycles. The second-order valence-electron chi connectivity index (χ2n) is 8.36. The number of amides is 1. The minimum atomic E-state index is -0.384. The number of β-amino-alcohol motifs (C(OH)–C–C–N with tert-alkyl or cyclic N) is 1. The van der Waals surface area contributed by atoms with Gasteiger partial charge in [-0.1, -0.05) is 17.8 Å². The van der Waals surface area contributed by atoms with Crippen LogP contribution in [-0.2, 0) is 0 Å². The number of aliphatic hydroxyl groups excluding tert-OH is 1. The van der Waals surface area contributed by atoms with Gasteiger partial charge >= 0.3 is 0 Å². The number of aliphatic hydroxyl groups is 1. The molecule has 150 valence electrons. The summed E-state index contributed by atoms with van der Waals surface area (Å²) < 4.78 is 1.07. The normalized spacial score (nSPS) is 26.5. The van der Waals surface area contributed by atoms with Crippen LogP contribution < -0.4 is 4.90 Å². The highest BCUT2D eigenvalue weighted by Crippen LogP contribution is 2.33. The van der Waals surface area contributed by atoms with Crippen LogP contribution in [0.1, 0.15) is 42.5 Å². The van der Waals surface area contributed by atoms with E-state index in [4.69, 9.17) is 4.98 Å². The average molecular weight is 401 g/mol. The van der Waals surface area contributed by atoms with Crippen LogP contribution in [0.2, 0.25) is 0 Å². The van der Waals surface area contributed by atoms with Crippen LogP contribution in [0.25, 0.3) is 10.2 Å². The number of carbonyl (C=O) groups excluding carboxylic acids is 1. The third kappa shape index (κ3) is 3.51. The number of carbonyl (C=O) groups is 1. The van der Waals surface area contributed by atoms with Gasteiger partial charge in [0.25, 0.3) is 5.91 Å². The van der Waals surface area contributed by atoms with Crippen LogP contribution in [0.15, 0.2) is 18.2 Å². The predicted octanol–water partition coefficient (Wildman–Crippen LogP) is 2.57. The summed E-state index contributed by atoms with van der Waals surface area (Å²) in [6.45, 7) is 5.70. The van der Waals surface area contributed by atoms with Gasteiger partial charge < -0.3 is 14.9 Å². The first kappa shape index (κ1) is 18.3. The molecule has 3 fully saturated rings. The first-order valence-electron chi connectivity index (χ1n) is 10.5. The fraction of sp³-hybridized carbons (Fsp3) is 0.619. The van der Waals surface area contributed by atoms with Crippen molar-refractivity contribution in [1.82, 2.24) is 14.8 Å². The van der Waals surface area contributed by atoms with Gasteiger partial charge in [-0.2, -0.15) is 0 Å². The van der Waals surface area contributed by atoms with Gasteiger partial charge in [-0.3, -0.25) is 9.69 Å². The Morgan fingerprint density at radius 1 is 1.07 bits per heavy atom. The number of nitrogens with zero attached hydrogens (tertiary/aromatic N) is 4. The molecule has 4 heterocycles. The van der Waals surface area contributed by atoms with Crippen molar-refractivity contribution in [3.05, 3.63) is 23.8 Å². The molecule has 2 atom stereocenters. The van der Waals surface area contributed by atoms with E-state index in [2.05, 4.69) is 9.80 Å². The number of anilines is 1. The van der Waals surface area contributed by atoms with Crippen molar-refractivity contribution in [2.45, 2.75) is 44.2 Å². The molecule has 0 unspecified atom stereocenters. The maximum absolute atomic E-state index is 12.7. The summed E-state index contributed by atoms with van der Waals surface area (Å²) in [4.78, 5) is 24.4. The first-order chi connectivity index (χ1) is 13.7. The number of hydrogen-bond donors (Lipinski definition) is 1. The monoisotopic (exact) mass is 400 g/mol. The van der Waals surface area contributed by atoms with Crippen LogP contribution in [-0.4, -0.2) is 77.2 Å². The van der Waals surface area contributed by atoms with Crippen molar-refractivity contribution in [3.63, 3.8) is 0 Å². The van der Waals surface area contributed by atoms with E-state index in [9.17, 15) is 9.90 Å². The third-order valence-corrected chi connectivity index (χ3v) is 7.49. The Morgan fingerprint density at radius 3 is 2.71 bits per heavy atom. The molecule has 0 saturated carbocycles. The molecule has 5 rings (SSSR count). The molecule has 0 spiro atoms. The molecule has 1 N–H and O–H groups in total. The summed E-state index contributed by atoms with van der Waals surface area (Å²) >= 11 is 1.69. The van der Waals surface area contributed by atoms with Crippen LogP contribution in [0.4, 0.5) is 5.13 Å². The molecule has 3 saturated heterocycles. The molecule has 3 aliphatic heterocycles. The smallest absolute Gasteiger partial charge is 0.253 e. The van der Waals surface area contributed by atoms with E-state index in [1.807, 2.05) is 18.2 Å². The molecular formula is C21H28N4O2S. The highest BCUT2D eigenvalue weighted by Gasteiger charge is 2.30. The van der Waals surface area contributed by atoms with Crippen LogP contribution >= 0.6 is 11.3 Å². The molecule has 1 aromatic heterocycles. The number of hydrogen-bond acceptors (Lipinski definition) is 6. The number of fused-ring (bicyclic) bond motifs is 1. The van der Waals surface area contributed by atoms with E-state index in [0.29, 0.717) is 31.1 Å². The Hall–Kier alpha value is -1.70. The Labute approximate surface area is 169 Å². The van der Waals surface area contributed by atoms with Gasteiger partial charge in [0.15, 0.2) is 5.13 Å². The maximum atomic E-state index is 12.7. The Kier molecular flexibility index (Phi) is 4.99. The van der Waals surface area contributed by atoms with Crippen molar-refractivity contribution in [2.24, 2.45) is 0 Å². The van der Waals surface area contributed by atoms with Crippen LogP contribution in [0, 0.1) is 0 Å². The molecule has 3 aliphatic rings. The minimum absolute atomic E-state index is 0.0136. The number of piperidine rings is 1. The number of benzene rings is 1. The molecule has 2 aromatic rings. The highest BCUT2D eigenvalue weighted by atomic mass is 32.1. The molecule has 1 aromatic carbocycles.